The van der Waals surface area contributed by atoms with Crippen molar-refractivity contribution in [3.05, 3.63) is 40.5 Å². The van der Waals surface area contributed by atoms with Crippen molar-refractivity contribution in [2.45, 2.75) is 87.4 Å². The third-order valence-corrected chi connectivity index (χ3v) is 10.1. The van der Waals surface area contributed by atoms with Gasteiger partial charge in [0, 0.05) is 22.1 Å². The van der Waals surface area contributed by atoms with E-state index in [0.717, 1.165) is 48.7 Å². The molecule has 0 N–H and O–H groups in total. The second kappa shape index (κ2) is 6.68. The molecule has 7 fully saturated rings. The quantitative estimate of drug-likeness (QED) is 0.438. The fraction of sp³-hybridized carbons (Fsp3) is 0.654. The van der Waals surface area contributed by atoms with Gasteiger partial charge in [-0.3, -0.25) is 4.79 Å². The van der Waals surface area contributed by atoms with Crippen molar-refractivity contribution in [1.82, 2.24) is 10.1 Å². The zero-order valence-corrected chi connectivity index (χ0v) is 20.7. The van der Waals surface area contributed by atoms with Gasteiger partial charge in [0.1, 0.15) is 5.67 Å². The summed E-state index contributed by atoms with van der Waals surface area (Å²) < 4.78 is 34.9. The molecule has 7 aliphatic carbocycles. The lowest BCUT2D eigenvalue weighted by molar-refractivity contribution is -0.211. The Morgan fingerprint density at radius 2 is 1.71 bits per heavy atom. The van der Waals surface area contributed by atoms with Crippen molar-refractivity contribution in [1.29, 1.82) is 0 Å². The zero-order chi connectivity index (χ0) is 23.4. The van der Waals surface area contributed by atoms with E-state index in [1.165, 1.54) is 0 Å². The van der Waals surface area contributed by atoms with Crippen LogP contribution < -0.4 is 4.90 Å². The molecule has 0 spiro atoms. The van der Waals surface area contributed by atoms with E-state index < -0.39 is 16.8 Å². The third kappa shape index (κ3) is 3.02. The summed E-state index contributed by atoms with van der Waals surface area (Å²) in [4.78, 5) is 20.2. The number of carbonyl (C=O) groups is 1. The van der Waals surface area contributed by atoms with Crippen molar-refractivity contribution in [2.75, 3.05) is 11.4 Å². The molecule has 180 valence electrons. The highest BCUT2D eigenvalue weighted by Gasteiger charge is 2.73. The van der Waals surface area contributed by atoms with Gasteiger partial charge in [-0.2, -0.15) is 4.98 Å². The maximum absolute atomic E-state index is 14.4. The van der Waals surface area contributed by atoms with Crippen molar-refractivity contribution in [3.8, 4) is 0 Å². The molecule has 0 aliphatic heterocycles. The maximum Gasteiger partial charge on any atom is 0.264 e. The Kier molecular flexibility index (Phi) is 4.21. The number of nitrogens with zero attached hydrogens (tertiary/aromatic N) is 3. The van der Waals surface area contributed by atoms with Gasteiger partial charge in [-0.25, -0.2) is 8.78 Å². The molecule has 9 rings (SSSR count). The van der Waals surface area contributed by atoms with Crippen molar-refractivity contribution in [3.63, 3.8) is 0 Å². The molecular weight excluding hydrogens is 504 g/mol. The number of rotatable bonds is 6. The largest absolute Gasteiger partial charge is 0.336 e. The topological polar surface area (TPSA) is 59.2 Å². The van der Waals surface area contributed by atoms with Crippen LogP contribution >= 0.6 is 15.9 Å². The van der Waals surface area contributed by atoms with Gasteiger partial charge in [-0.1, -0.05) is 27.2 Å². The lowest BCUT2D eigenvalue weighted by atomic mass is 9.41. The Balaban J connectivity index is 1.13. The zero-order valence-electron chi connectivity index (χ0n) is 19.1. The van der Waals surface area contributed by atoms with Crippen LogP contribution in [0.15, 0.2) is 33.3 Å². The number of hydrogen-bond donors (Lipinski definition) is 0. The summed E-state index contributed by atoms with van der Waals surface area (Å²) in [6.07, 6.45) is 7.71. The van der Waals surface area contributed by atoms with Crippen LogP contribution in [0.4, 0.5) is 14.5 Å². The normalized spacial score (nSPS) is 38.7. The van der Waals surface area contributed by atoms with Crippen molar-refractivity contribution >= 4 is 27.5 Å². The van der Waals surface area contributed by atoms with Crippen LogP contribution in [0.25, 0.3) is 0 Å². The van der Waals surface area contributed by atoms with Crippen LogP contribution in [0, 0.1) is 10.8 Å². The van der Waals surface area contributed by atoms with Gasteiger partial charge < -0.3 is 9.42 Å². The average Bonchev–Trinajstić information content (AvgIpc) is 3.33. The van der Waals surface area contributed by atoms with Gasteiger partial charge in [0.25, 0.3) is 5.89 Å². The minimum absolute atomic E-state index is 0.0288. The molecule has 4 bridgehead atoms. The third-order valence-electron chi connectivity index (χ3n) is 9.65. The Labute approximate surface area is 205 Å². The smallest absolute Gasteiger partial charge is 0.264 e. The molecule has 7 saturated carbocycles. The number of hydrogen-bond acceptors (Lipinski definition) is 4. The molecule has 2 aromatic rings. The van der Waals surface area contributed by atoms with E-state index in [9.17, 15) is 13.6 Å². The summed E-state index contributed by atoms with van der Waals surface area (Å²) >= 11 is 3.55. The van der Waals surface area contributed by atoms with Gasteiger partial charge in [0.05, 0.1) is 5.41 Å². The molecule has 7 aliphatic rings. The monoisotopic (exact) mass is 531 g/mol. The van der Waals surface area contributed by atoms with Crippen LogP contribution in [-0.2, 0) is 15.9 Å². The lowest BCUT2D eigenvalue weighted by Gasteiger charge is -2.65. The Morgan fingerprint density at radius 1 is 1.03 bits per heavy atom. The molecule has 8 heteroatoms. The van der Waals surface area contributed by atoms with Gasteiger partial charge in [-0.05, 0) is 94.2 Å². The number of anilines is 1. The Morgan fingerprint density at radius 3 is 2.29 bits per heavy atom. The van der Waals surface area contributed by atoms with E-state index in [1.54, 1.807) is 0 Å². The molecule has 0 saturated heterocycles. The predicted molar refractivity (Wildman–Crippen MR) is 125 cm³/mol. The molecule has 1 aromatic carbocycles. The first-order chi connectivity index (χ1) is 16.2. The maximum atomic E-state index is 14.4. The van der Waals surface area contributed by atoms with E-state index in [4.69, 9.17) is 4.52 Å². The first-order valence-electron chi connectivity index (χ1n) is 12.5. The van der Waals surface area contributed by atoms with Crippen LogP contribution in [0.5, 0.6) is 0 Å². The fourth-order valence-corrected chi connectivity index (χ4v) is 7.60. The minimum atomic E-state index is -1.40. The van der Waals surface area contributed by atoms with Gasteiger partial charge in [-0.15, -0.1) is 0 Å². The molecule has 5 nitrogen and oxygen atoms in total. The summed E-state index contributed by atoms with van der Waals surface area (Å²) in [7, 11) is 0. The number of amides is 1. The van der Waals surface area contributed by atoms with E-state index in [1.807, 2.05) is 29.2 Å². The summed E-state index contributed by atoms with van der Waals surface area (Å²) in [6, 6.07) is 7.89. The van der Waals surface area contributed by atoms with Crippen LogP contribution in [0.2, 0.25) is 0 Å². The SMILES string of the molecule is O=C(N(CC12CCC(c3noc(C4(F)CC4)n3)(CC1)CC2)c1cccc(Br)c1)C12CC(F)(C1)C2. The Bertz CT molecular complexity index is 1150. The van der Waals surface area contributed by atoms with E-state index in [0.29, 0.717) is 44.5 Å². The molecule has 0 atom stereocenters. The first kappa shape index (κ1) is 21.5. The second-order valence-corrected chi connectivity index (χ2v) is 12.9. The number of alkyl halides is 2. The van der Waals surface area contributed by atoms with E-state index >= 15 is 0 Å². The molecule has 0 radical (unpaired) electrons. The van der Waals surface area contributed by atoms with Crippen LogP contribution in [-0.4, -0.2) is 28.3 Å². The van der Waals surface area contributed by atoms with Crippen LogP contribution in [0.3, 0.4) is 0 Å². The van der Waals surface area contributed by atoms with Crippen molar-refractivity contribution < 1.29 is 18.1 Å². The number of carbonyl (C=O) groups excluding carboxylic acids is 1. The highest BCUT2D eigenvalue weighted by Crippen LogP contribution is 2.70. The molecule has 34 heavy (non-hydrogen) atoms. The standard InChI is InChI=1S/C26H28BrF2N3O2/c27-17-2-1-3-18(12-17)32(21(33)24-13-25(28,14-24)15-24)16-22-4-7-23(8-5-22,9-6-22)19-30-20(34-31-19)26(29)10-11-26/h1-3,12H,4-11,13-16H2. The summed E-state index contributed by atoms with van der Waals surface area (Å²) in [5, 5.41) is 4.21. The number of aromatic nitrogens is 2. The molecule has 0 unspecified atom stereocenters. The highest BCUT2D eigenvalue weighted by molar-refractivity contribution is 9.10. The molecular formula is C26H28BrF2N3O2. The summed E-state index contributed by atoms with van der Waals surface area (Å²) in [6.45, 7) is 0.657. The van der Waals surface area contributed by atoms with Gasteiger partial charge >= 0.3 is 0 Å². The molecule has 1 amide bonds. The van der Waals surface area contributed by atoms with Crippen LogP contribution in [0.1, 0.15) is 82.3 Å². The number of halogens is 3. The Hall–Kier alpha value is -1.83. The van der Waals surface area contributed by atoms with E-state index in [-0.39, 0.29) is 22.6 Å². The van der Waals surface area contributed by atoms with Gasteiger partial charge in [0.15, 0.2) is 11.5 Å². The molecule has 1 aromatic heterocycles. The van der Waals surface area contributed by atoms with Gasteiger partial charge in [0.2, 0.25) is 5.91 Å². The minimum Gasteiger partial charge on any atom is -0.336 e. The lowest BCUT2D eigenvalue weighted by Crippen LogP contribution is -2.71. The van der Waals surface area contributed by atoms with E-state index in [2.05, 4.69) is 26.1 Å². The molecule has 1 heterocycles. The first-order valence-corrected chi connectivity index (χ1v) is 13.3. The average molecular weight is 532 g/mol. The fourth-order valence-electron chi connectivity index (χ4n) is 7.22. The highest BCUT2D eigenvalue weighted by atomic mass is 79.9. The number of benzene rings is 1. The number of fused-ring (bicyclic) bond motifs is 3. The summed E-state index contributed by atoms with van der Waals surface area (Å²) in [5.41, 5.74) is -2.25. The summed E-state index contributed by atoms with van der Waals surface area (Å²) in [5.74, 6) is 0.902. The van der Waals surface area contributed by atoms with Crippen molar-refractivity contribution in [2.24, 2.45) is 10.8 Å². The second-order valence-electron chi connectivity index (χ2n) is 12.0. The predicted octanol–water partition coefficient (Wildman–Crippen LogP) is 6.31.